The number of rotatable bonds is 7. The van der Waals surface area contributed by atoms with Crippen LogP contribution in [-0.2, 0) is 4.79 Å². The van der Waals surface area contributed by atoms with Crippen LogP contribution in [0.3, 0.4) is 0 Å². The Morgan fingerprint density at radius 1 is 1.21 bits per heavy atom. The summed E-state index contributed by atoms with van der Waals surface area (Å²) in [5.41, 5.74) is 0. The lowest BCUT2D eigenvalue weighted by Crippen LogP contribution is -3.13. The van der Waals surface area contributed by atoms with Crippen LogP contribution in [0.4, 0.5) is 0 Å². The summed E-state index contributed by atoms with van der Waals surface area (Å²) >= 11 is 0. The lowest BCUT2D eigenvalue weighted by molar-refractivity contribution is -0.909. The maximum Gasteiger partial charge on any atom is 0.0799 e. The molecule has 0 bridgehead atoms. The van der Waals surface area contributed by atoms with E-state index in [0.717, 1.165) is 12.8 Å². The number of hydrogen-bond donors (Lipinski definition) is 1. The Labute approximate surface area is 119 Å². The molecule has 0 saturated carbocycles. The molecular formula is C16H33NO2. The number of carboxylic acid groups (broad SMARTS) is 1. The molecule has 0 aromatic heterocycles. The highest BCUT2D eigenvalue weighted by molar-refractivity contribution is 5.60. The van der Waals surface area contributed by atoms with E-state index in [1.54, 1.807) is 0 Å². The number of nitrogens with one attached hydrogen (secondary N) is 1. The average Bonchev–Trinajstić information content (AvgIpc) is 2.35. The number of unbranched alkanes of at least 4 members (excludes halogenated alkanes) is 3. The van der Waals surface area contributed by atoms with Crippen LogP contribution in [0, 0.1) is 5.92 Å². The number of quaternary nitrogens is 1. The van der Waals surface area contributed by atoms with Crippen LogP contribution in [0.15, 0.2) is 0 Å². The van der Waals surface area contributed by atoms with E-state index in [0.29, 0.717) is 0 Å². The first-order chi connectivity index (χ1) is 9.10. The van der Waals surface area contributed by atoms with Crippen LogP contribution in [-0.4, -0.2) is 25.6 Å². The van der Waals surface area contributed by atoms with Gasteiger partial charge in [-0.2, -0.15) is 0 Å². The summed E-state index contributed by atoms with van der Waals surface area (Å²) in [5.74, 6) is -0.0371. The molecule has 114 valence electrons. The normalized spacial score (nSPS) is 22.5. The molecule has 2 unspecified atom stereocenters. The molecule has 2 atom stereocenters. The Hall–Kier alpha value is -0.570. The molecule has 1 N–H and O–H groups in total. The molecule has 3 heteroatoms. The number of carbonyl (C=O) groups is 1. The highest BCUT2D eigenvalue weighted by Gasteiger charge is 2.21. The minimum Gasteiger partial charge on any atom is -0.550 e. The zero-order valence-electron chi connectivity index (χ0n) is 13.2. The molecule has 0 radical (unpaired) electrons. The molecule has 0 aromatic rings. The van der Waals surface area contributed by atoms with Crippen LogP contribution < -0.4 is 10.0 Å². The smallest absolute Gasteiger partial charge is 0.0799 e. The van der Waals surface area contributed by atoms with E-state index in [2.05, 4.69) is 13.8 Å². The van der Waals surface area contributed by atoms with Crippen molar-refractivity contribution >= 4 is 5.97 Å². The summed E-state index contributed by atoms with van der Waals surface area (Å²) in [7, 11) is 0. The fourth-order valence-electron chi connectivity index (χ4n) is 2.94. The lowest BCUT2D eigenvalue weighted by atomic mass is 9.93. The topological polar surface area (TPSA) is 44.6 Å². The van der Waals surface area contributed by atoms with E-state index in [9.17, 15) is 0 Å². The van der Waals surface area contributed by atoms with Crippen LogP contribution in [0.2, 0.25) is 0 Å². The summed E-state index contributed by atoms with van der Waals surface area (Å²) < 4.78 is 0. The predicted octanol–water partition coefficient (Wildman–Crippen LogP) is 1.42. The van der Waals surface area contributed by atoms with Crippen molar-refractivity contribution in [3.8, 4) is 0 Å². The summed E-state index contributed by atoms with van der Waals surface area (Å²) in [6.07, 6.45) is 11.6. The van der Waals surface area contributed by atoms with Crippen molar-refractivity contribution in [2.75, 3.05) is 19.6 Å². The first-order valence-electron chi connectivity index (χ1n) is 8.11. The zero-order chi connectivity index (χ0) is 14.5. The van der Waals surface area contributed by atoms with Crippen molar-refractivity contribution in [2.24, 2.45) is 5.92 Å². The summed E-state index contributed by atoms with van der Waals surface area (Å²) in [4.78, 5) is 10.8. The number of hydrogen-bond acceptors (Lipinski definition) is 2. The number of piperidine rings is 1. The van der Waals surface area contributed by atoms with Crippen LogP contribution in [0.5, 0.6) is 0 Å². The maximum absolute atomic E-state index is 8.89. The Kier molecular flexibility index (Phi) is 12.1. The quantitative estimate of drug-likeness (QED) is 0.712. The molecule has 1 saturated heterocycles. The second kappa shape index (κ2) is 12.5. The largest absolute Gasteiger partial charge is 0.550 e. The van der Waals surface area contributed by atoms with Gasteiger partial charge in [0.2, 0.25) is 0 Å². The van der Waals surface area contributed by atoms with E-state index < -0.39 is 5.97 Å². The molecular weight excluding hydrogens is 238 g/mol. The van der Waals surface area contributed by atoms with E-state index in [1.807, 2.05) is 4.90 Å². The minimum absolute atomic E-state index is 0.972. The van der Waals surface area contributed by atoms with E-state index in [4.69, 9.17) is 9.90 Å². The van der Waals surface area contributed by atoms with Gasteiger partial charge in [-0.05, 0) is 39.0 Å². The first-order valence-corrected chi connectivity index (χ1v) is 8.11. The molecule has 0 aliphatic carbocycles. The van der Waals surface area contributed by atoms with E-state index >= 15 is 0 Å². The number of carboxylic acids is 1. The monoisotopic (exact) mass is 271 g/mol. The van der Waals surface area contributed by atoms with Crippen molar-refractivity contribution < 1.29 is 14.8 Å². The van der Waals surface area contributed by atoms with Gasteiger partial charge >= 0.3 is 0 Å². The van der Waals surface area contributed by atoms with Gasteiger partial charge < -0.3 is 14.8 Å². The second-order valence-corrected chi connectivity index (χ2v) is 5.80. The molecule has 1 aliphatic rings. The highest BCUT2D eigenvalue weighted by Crippen LogP contribution is 2.13. The molecule has 3 nitrogen and oxygen atoms in total. The van der Waals surface area contributed by atoms with Crippen LogP contribution >= 0.6 is 0 Å². The van der Waals surface area contributed by atoms with Gasteiger partial charge in [0.25, 0.3) is 0 Å². The van der Waals surface area contributed by atoms with Crippen molar-refractivity contribution in [2.45, 2.75) is 72.1 Å². The minimum atomic E-state index is -1.08. The number of likely N-dealkylation sites (tertiary alicyclic amines) is 1. The van der Waals surface area contributed by atoms with E-state index in [-0.39, 0.29) is 0 Å². The fraction of sp³-hybridized carbons (Fsp3) is 0.938. The Morgan fingerprint density at radius 2 is 1.89 bits per heavy atom. The van der Waals surface area contributed by atoms with Gasteiger partial charge in [0.15, 0.2) is 0 Å². The third kappa shape index (κ3) is 12.2. The second-order valence-electron chi connectivity index (χ2n) is 5.80. The summed E-state index contributed by atoms with van der Waals surface area (Å²) in [6.45, 7) is 9.97. The molecule has 0 aromatic carbocycles. The molecule has 19 heavy (non-hydrogen) atoms. The van der Waals surface area contributed by atoms with Crippen molar-refractivity contribution in [1.29, 1.82) is 0 Å². The average molecular weight is 271 g/mol. The highest BCUT2D eigenvalue weighted by atomic mass is 16.4. The van der Waals surface area contributed by atoms with Gasteiger partial charge in [0.05, 0.1) is 19.6 Å². The molecule has 0 spiro atoms. The van der Waals surface area contributed by atoms with Crippen molar-refractivity contribution in [1.82, 2.24) is 0 Å². The predicted molar refractivity (Wildman–Crippen MR) is 78.0 cm³/mol. The van der Waals surface area contributed by atoms with Crippen LogP contribution in [0.25, 0.3) is 0 Å². The van der Waals surface area contributed by atoms with Crippen LogP contribution in [0.1, 0.15) is 72.1 Å². The Balaban J connectivity index is 0.000000711. The van der Waals surface area contributed by atoms with E-state index in [1.165, 1.54) is 71.0 Å². The molecule has 1 fully saturated rings. The lowest BCUT2D eigenvalue weighted by Gasteiger charge is -2.29. The van der Waals surface area contributed by atoms with Crippen molar-refractivity contribution in [3.05, 3.63) is 0 Å². The van der Waals surface area contributed by atoms with Crippen molar-refractivity contribution in [3.63, 3.8) is 0 Å². The number of carbonyl (C=O) groups excluding carboxylic acids is 1. The van der Waals surface area contributed by atoms with Gasteiger partial charge in [0, 0.05) is 11.9 Å². The molecule has 1 rings (SSSR count). The first kappa shape index (κ1) is 18.4. The maximum atomic E-state index is 8.89. The van der Waals surface area contributed by atoms with Gasteiger partial charge in [-0.3, -0.25) is 0 Å². The van der Waals surface area contributed by atoms with Gasteiger partial charge in [-0.25, -0.2) is 0 Å². The van der Waals surface area contributed by atoms with Gasteiger partial charge in [0.1, 0.15) is 0 Å². The van der Waals surface area contributed by atoms with Gasteiger partial charge in [-0.1, -0.05) is 33.1 Å². The standard InChI is InChI=1S/C14H29N.C2H4O2/c1-3-5-6-7-11-15-12-8-10-14(13-15)9-4-2;1-2(3)4/h14H,3-13H2,1-2H3;1H3,(H,3,4). The fourth-order valence-corrected chi connectivity index (χ4v) is 2.94. The number of aliphatic carboxylic acids is 1. The molecule has 1 aliphatic heterocycles. The van der Waals surface area contributed by atoms with Gasteiger partial charge in [-0.15, -0.1) is 0 Å². The third-order valence-electron chi connectivity index (χ3n) is 3.80. The Morgan fingerprint density at radius 3 is 2.47 bits per heavy atom. The zero-order valence-corrected chi connectivity index (χ0v) is 13.2. The summed E-state index contributed by atoms with van der Waals surface area (Å²) in [6, 6.07) is 0. The summed E-state index contributed by atoms with van der Waals surface area (Å²) in [5, 5.41) is 8.89. The molecule has 0 amide bonds. The third-order valence-corrected chi connectivity index (χ3v) is 3.80. The molecule has 1 heterocycles. The SMILES string of the molecule is CC(=O)[O-].CCCCCC[NH+]1CCCC(CCC)C1. The Bertz CT molecular complexity index is 213.